The first-order valence-electron chi connectivity index (χ1n) is 8.36. The van der Waals surface area contributed by atoms with Gasteiger partial charge in [-0.1, -0.05) is 17.7 Å². The molecule has 144 valence electrons. The van der Waals surface area contributed by atoms with Crippen LogP contribution in [-0.4, -0.2) is 10.8 Å². The smallest absolute Gasteiger partial charge is 0.294 e. The van der Waals surface area contributed by atoms with Gasteiger partial charge in [-0.2, -0.15) is 0 Å². The largest absolute Gasteiger partial charge is 0.489 e. The molecule has 0 fully saturated rings. The fourth-order valence-electron chi connectivity index (χ4n) is 2.49. The van der Waals surface area contributed by atoms with Crippen LogP contribution in [0, 0.1) is 24.0 Å². The summed E-state index contributed by atoms with van der Waals surface area (Å²) in [7, 11) is 0. The van der Waals surface area contributed by atoms with E-state index in [1.807, 2.05) is 37.4 Å². The van der Waals surface area contributed by atoms with E-state index in [0.717, 1.165) is 16.9 Å². The topological polar surface area (TPSA) is 81.5 Å². The van der Waals surface area contributed by atoms with E-state index in [1.165, 1.54) is 35.1 Å². The lowest BCUT2D eigenvalue weighted by atomic mass is 10.1. The molecule has 0 saturated carbocycles. The number of nitrogens with one attached hydrogen (secondary N) is 1. The van der Waals surface area contributed by atoms with E-state index in [-0.39, 0.29) is 16.4 Å². The van der Waals surface area contributed by atoms with E-state index < -0.39 is 10.8 Å². The van der Waals surface area contributed by atoms with Gasteiger partial charge in [0.15, 0.2) is 0 Å². The summed E-state index contributed by atoms with van der Waals surface area (Å²) < 4.78 is 5.77. The third kappa shape index (κ3) is 4.68. The zero-order valence-corrected chi connectivity index (χ0v) is 16.8. The summed E-state index contributed by atoms with van der Waals surface area (Å²) in [6.07, 6.45) is 0. The number of amides is 1. The number of aryl methyl sites for hydroxylation is 2. The zero-order chi connectivity index (χ0) is 20.3. The van der Waals surface area contributed by atoms with Crippen molar-refractivity contribution in [3.05, 3.63) is 84.5 Å². The molecule has 0 radical (unpaired) electrons. The van der Waals surface area contributed by atoms with E-state index in [9.17, 15) is 14.9 Å². The molecule has 0 unspecified atom stereocenters. The second kappa shape index (κ2) is 8.41. The van der Waals surface area contributed by atoms with Crippen LogP contribution < -0.4 is 10.1 Å². The fourth-order valence-corrected chi connectivity index (χ4v) is 3.44. The molecule has 8 heteroatoms. The molecule has 6 nitrogen and oxygen atoms in total. The van der Waals surface area contributed by atoms with E-state index in [2.05, 4.69) is 5.32 Å². The minimum Gasteiger partial charge on any atom is -0.489 e. The van der Waals surface area contributed by atoms with Crippen molar-refractivity contribution in [3.63, 3.8) is 0 Å². The van der Waals surface area contributed by atoms with Crippen molar-refractivity contribution in [2.24, 2.45) is 0 Å². The molecule has 0 saturated heterocycles. The maximum atomic E-state index is 12.4. The van der Waals surface area contributed by atoms with Crippen LogP contribution in [0.15, 0.2) is 47.8 Å². The van der Waals surface area contributed by atoms with Crippen molar-refractivity contribution in [2.75, 3.05) is 5.32 Å². The van der Waals surface area contributed by atoms with Gasteiger partial charge in [0, 0.05) is 16.7 Å². The molecule has 1 amide bonds. The van der Waals surface area contributed by atoms with Gasteiger partial charge in [-0.05, 0) is 60.7 Å². The Morgan fingerprint density at radius 1 is 1.18 bits per heavy atom. The normalized spacial score (nSPS) is 10.5. The maximum absolute atomic E-state index is 12.4. The van der Waals surface area contributed by atoms with Crippen LogP contribution in [0.4, 0.5) is 11.4 Å². The molecule has 1 N–H and O–H groups in total. The Labute approximate surface area is 170 Å². The van der Waals surface area contributed by atoms with Crippen LogP contribution in [0.1, 0.15) is 26.4 Å². The monoisotopic (exact) mass is 416 g/mol. The molecule has 28 heavy (non-hydrogen) atoms. The molecule has 1 heterocycles. The Bertz CT molecular complexity index is 1050. The molecule has 0 aliphatic carbocycles. The van der Waals surface area contributed by atoms with Gasteiger partial charge in [-0.3, -0.25) is 14.9 Å². The average molecular weight is 417 g/mol. The number of nitro benzene ring substituents is 1. The van der Waals surface area contributed by atoms with Crippen molar-refractivity contribution in [1.29, 1.82) is 0 Å². The van der Waals surface area contributed by atoms with Crippen molar-refractivity contribution in [2.45, 2.75) is 20.5 Å². The van der Waals surface area contributed by atoms with E-state index in [1.54, 1.807) is 6.07 Å². The molecule has 1 aromatic heterocycles. The number of carbonyl (C=O) groups excluding carboxylic acids is 1. The molecule has 0 spiro atoms. The van der Waals surface area contributed by atoms with Gasteiger partial charge in [0.05, 0.1) is 9.80 Å². The first kappa shape index (κ1) is 19.9. The maximum Gasteiger partial charge on any atom is 0.294 e. The Kier molecular flexibility index (Phi) is 5.96. The summed E-state index contributed by atoms with van der Waals surface area (Å²) in [5.74, 6) is 0.338. The van der Waals surface area contributed by atoms with E-state index in [0.29, 0.717) is 11.5 Å². The Balaban J connectivity index is 1.67. The molecule has 2 aromatic carbocycles. The van der Waals surface area contributed by atoms with Crippen molar-refractivity contribution in [1.82, 2.24) is 0 Å². The van der Waals surface area contributed by atoms with Crippen LogP contribution in [0.2, 0.25) is 5.02 Å². The summed E-state index contributed by atoms with van der Waals surface area (Å²) in [5.41, 5.74) is 3.03. The lowest BCUT2D eigenvalue weighted by Crippen LogP contribution is -2.11. The molecule has 0 aliphatic rings. The Morgan fingerprint density at radius 2 is 1.96 bits per heavy atom. The van der Waals surface area contributed by atoms with Gasteiger partial charge in [0.2, 0.25) is 0 Å². The highest BCUT2D eigenvalue weighted by molar-refractivity contribution is 7.12. The predicted octanol–water partition coefficient (Wildman–Crippen LogP) is 5.76. The van der Waals surface area contributed by atoms with Crippen LogP contribution in [0.5, 0.6) is 5.75 Å². The Morgan fingerprint density at radius 3 is 2.68 bits per heavy atom. The second-order valence-corrected chi connectivity index (χ2v) is 7.57. The van der Waals surface area contributed by atoms with Crippen LogP contribution in [-0.2, 0) is 6.61 Å². The number of benzene rings is 2. The van der Waals surface area contributed by atoms with Gasteiger partial charge in [0.25, 0.3) is 11.6 Å². The Hall–Kier alpha value is -2.90. The van der Waals surface area contributed by atoms with E-state index in [4.69, 9.17) is 16.3 Å². The molecule has 0 bridgehead atoms. The summed E-state index contributed by atoms with van der Waals surface area (Å²) in [6, 6.07) is 11.7. The SMILES string of the molecule is Cc1ccc(OCc2csc(C(=O)Nc3ccc(Cl)cc3[N+](=O)[O-])c2)cc1C. The number of hydrogen-bond donors (Lipinski definition) is 1. The van der Waals surface area contributed by atoms with Gasteiger partial charge in [-0.25, -0.2) is 0 Å². The number of thiophene rings is 1. The minimum atomic E-state index is -0.585. The van der Waals surface area contributed by atoms with Crippen LogP contribution >= 0.6 is 22.9 Å². The van der Waals surface area contributed by atoms with Crippen molar-refractivity contribution < 1.29 is 14.5 Å². The van der Waals surface area contributed by atoms with E-state index >= 15 is 0 Å². The number of carbonyl (C=O) groups is 1. The first-order chi connectivity index (χ1) is 13.3. The van der Waals surface area contributed by atoms with Gasteiger partial charge in [-0.15, -0.1) is 11.3 Å². The molecular formula is C20H17ClN2O4S. The highest BCUT2D eigenvalue weighted by atomic mass is 35.5. The molecule has 3 rings (SSSR count). The lowest BCUT2D eigenvalue weighted by Gasteiger charge is -2.07. The van der Waals surface area contributed by atoms with Crippen molar-refractivity contribution in [3.8, 4) is 5.75 Å². The summed E-state index contributed by atoms with van der Waals surface area (Å²) in [5, 5.41) is 15.8. The average Bonchev–Trinajstić information content (AvgIpc) is 3.13. The summed E-state index contributed by atoms with van der Waals surface area (Å²) in [4.78, 5) is 23.4. The molecular weight excluding hydrogens is 400 g/mol. The summed E-state index contributed by atoms with van der Waals surface area (Å²) in [6.45, 7) is 4.38. The number of nitro groups is 1. The minimum absolute atomic E-state index is 0.0979. The number of ether oxygens (including phenoxy) is 1. The van der Waals surface area contributed by atoms with Crippen molar-refractivity contribution >= 4 is 40.2 Å². The standard InChI is InChI=1S/C20H17ClN2O4S/c1-12-3-5-16(7-13(12)2)27-10-14-8-19(28-11-14)20(24)22-17-6-4-15(21)9-18(17)23(25)26/h3-9,11H,10H2,1-2H3,(H,22,24). The van der Waals surface area contributed by atoms with Gasteiger partial charge < -0.3 is 10.1 Å². The number of rotatable bonds is 6. The first-order valence-corrected chi connectivity index (χ1v) is 9.62. The van der Waals surface area contributed by atoms with Gasteiger partial charge in [0.1, 0.15) is 18.0 Å². The van der Waals surface area contributed by atoms with Gasteiger partial charge >= 0.3 is 0 Å². The van der Waals surface area contributed by atoms with Crippen LogP contribution in [0.25, 0.3) is 0 Å². The number of anilines is 1. The van der Waals surface area contributed by atoms with Crippen LogP contribution in [0.3, 0.4) is 0 Å². The number of halogens is 1. The molecule has 0 atom stereocenters. The third-order valence-corrected chi connectivity index (χ3v) is 5.38. The lowest BCUT2D eigenvalue weighted by molar-refractivity contribution is -0.383. The highest BCUT2D eigenvalue weighted by Crippen LogP contribution is 2.29. The highest BCUT2D eigenvalue weighted by Gasteiger charge is 2.18. The second-order valence-electron chi connectivity index (χ2n) is 6.23. The molecule has 0 aliphatic heterocycles. The number of nitrogens with zero attached hydrogens (tertiary/aromatic N) is 1. The third-order valence-electron chi connectivity index (χ3n) is 4.17. The molecule has 3 aromatic rings. The number of hydrogen-bond acceptors (Lipinski definition) is 5. The fraction of sp³-hybridized carbons (Fsp3) is 0.150. The summed E-state index contributed by atoms with van der Waals surface area (Å²) >= 11 is 7.04. The quantitative estimate of drug-likeness (QED) is 0.409. The zero-order valence-electron chi connectivity index (χ0n) is 15.2. The predicted molar refractivity (Wildman–Crippen MR) is 111 cm³/mol.